The Kier molecular flexibility index (Phi) is 5.46. The zero-order valence-electron chi connectivity index (χ0n) is 13.2. The summed E-state index contributed by atoms with van der Waals surface area (Å²) in [7, 11) is 0. The molecule has 0 fully saturated rings. The molecule has 3 aromatic rings. The summed E-state index contributed by atoms with van der Waals surface area (Å²) in [5, 5.41) is 5.65. The topological polar surface area (TPSA) is 84.0 Å². The van der Waals surface area contributed by atoms with E-state index in [1.54, 1.807) is 42.6 Å². The minimum atomic E-state index is -0.528. The van der Waals surface area contributed by atoms with Crippen LogP contribution >= 0.6 is 23.2 Å². The summed E-state index contributed by atoms with van der Waals surface area (Å²) < 4.78 is 0. The molecule has 6 nitrogen and oxygen atoms in total. The van der Waals surface area contributed by atoms with Gasteiger partial charge in [-0.05, 0) is 42.5 Å². The van der Waals surface area contributed by atoms with Gasteiger partial charge in [-0.25, -0.2) is 9.97 Å². The Labute approximate surface area is 159 Å². The molecule has 3 rings (SSSR count). The number of hydrogen-bond donors (Lipinski definition) is 2. The molecular weight excluding hydrogens is 375 g/mol. The van der Waals surface area contributed by atoms with E-state index in [0.717, 1.165) is 0 Å². The van der Waals surface area contributed by atoms with Gasteiger partial charge in [-0.1, -0.05) is 35.3 Å². The molecule has 0 saturated heterocycles. The van der Waals surface area contributed by atoms with Crippen LogP contribution in [0.25, 0.3) is 0 Å². The Morgan fingerprint density at radius 3 is 2.50 bits per heavy atom. The van der Waals surface area contributed by atoms with E-state index in [9.17, 15) is 9.59 Å². The van der Waals surface area contributed by atoms with Crippen LogP contribution < -0.4 is 10.6 Å². The summed E-state index contributed by atoms with van der Waals surface area (Å²) in [6, 6.07) is 14.6. The van der Waals surface area contributed by atoms with Crippen molar-refractivity contribution in [2.45, 2.75) is 0 Å². The second kappa shape index (κ2) is 7.95. The van der Waals surface area contributed by atoms with Crippen LogP contribution in [0.2, 0.25) is 10.2 Å². The van der Waals surface area contributed by atoms with Gasteiger partial charge in [-0.2, -0.15) is 0 Å². The van der Waals surface area contributed by atoms with Gasteiger partial charge in [-0.3, -0.25) is 9.59 Å². The number of amides is 2. The van der Waals surface area contributed by atoms with Crippen LogP contribution in [0.5, 0.6) is 0 Å². The van der Waals surface area contributed by atoms with Gasteiger partial charge in [0.15, 0.2) is 0 Å². The number of pyridine rings is 2. The fourth-order valence-corrected chi connectivity index (χ4v) is 2.47. The number of hydrogen-bond acceptors (Lipinski definition) is 4. The minimum absolute atomic E-state index is 0.00232. The monoisotopic (exact) mass is 386 g/mol. The van der Waals surface area contributed by atoms with E-state index >= 15 is 0 Å². The summed E-state index contributed by atoms with van der Waals surface area (Å²) in [6.45, 7) is 0. The van der Waals surface area contributed by atoms with Crippen LogP contribution in [0.4, 0.5) is 11.5 Å². The molecule has 0 bridgehead atoms. The Morgan fingerprint density at radius 2 is 1.73 bits per heavy atom. The first-order valence-electron chi connectivity index (χ1n) is 7.49. The number of anilines is 2. The van der Waals surface area contributed by atoms with Crippen molar-refractivity contribution in [1.29, 1.82) is 0 Å². The van der Waals surface area contributed by atoms with Crippen molar-refractivity contribution in [3.63, 3.8) is 0 Å². The van der Waals surface area contributed by atoms with Crippen molar-refractivity contribution in [3.05, 3.63) is 82.2 Å². The van der Waals surface area contributed by atoms with Crippen molar-refractivity contribution in [2.75, 3.05) is 10.6 Å². The van der Waals surface area contributed by atoms with Crippen molar-refractivity contribution in [1.82, 2.24) is 9.97 Å². The highest BCUT2D eigenvalue weighted by Gasteiger charge is 2.14. The molecule has 0 aliphatic rings. The second-order valence-corrected chi connectivity index (χ2v) is 5.96. The fraction of sp³-hybridized carbons (Fsp3) is 0. The molecule has 1 aromatic carbocycles. The lowest BCUT2D eigenvalue weighted by Gasteiger charge is -2.09. The van der Waals surface area contributed by atoms with E-state index in [2.05, 4.69) is 20.6 Å². The molecular formula is C18H12Cl2N4O2. The van der Waals surface area contributed by atoms with Crippen molar-refractivity contribution < 1.29 is 9.59 Å². The number of halogens is 2. The highest BCUT2D eigenvalue weighted by Crippen LogP contribution is 2.19. The molecule has 2 aromatic heterocycles. The molecule has 8 heteroatoms. The summed E-state index contributed by atoms with van der Waals surface area (Å²) in [5.74, 6) is -0.444. The third kappa shape index (κ3) is 4.36. The van der Waals surface area contributed by atoms with E-state index in [-0.39, 0.29) is 21.8 Å². The van der Waals surface area contributed by atoms with Crippen LogP contribution in [0, 0.1) is 0 Å². The van der Waals surface area contributed by atoms with Crippen LogP contribution in [-0.4, -0.2) is 21.8 Å². The average molecular weight is 387 g/mol. The lowest BCUT2D eigenvalue weighted by molar-refractivity contribution is 0.101. The van der Waals surface area contributed by atoms with Gasteiger partial charge in [0.25, 0.3) is 11.8 Å². The van der Waals surface area contributed by atoms with Crippen LogP contribution in [0.1, 0.15) is 20.8 Å². The predicted molar refractivity (Wildman–Crippen MR) is 101 cm³/mol. The van der Waals surface area contributed by atoms with Gasteiger partial charge < -0.3 is 10.6 Å². The number of rotatable bonds is 4. The Bertz CT molecular complexity index is 964. The SMILES string of the molecule is O=C(Nc1ccccn1)c1cccc(NC(=O)c2nc(Cl)ccc2Cl)c1. The molecule has 2 heterocycles. The van der Waals surface area contributed by atoms with Crippen LogP contribution in [0.15, 0.2) is 60.8 Å². The molecule has 0 radical (unpaired) electrons. The number of aromatic nitrogens is 2. The summed E-state index contributed by atoms with van der Waals surface area (Å²) in [4.78, 5) is 32.6. The first-order valence-corrected chi connectivity index (χ1v) is 8.24. The molecule has 0 unspecified atom stereocenters. The fourth-order valence-electron chi connectivity index (χ4n) is 2.13. The highest BCUT2D eigenvalue weighted by molar-refractivity contribution is 6.35. The first kappa shape index (κ1) is 17.8. The Hall–Kier alpha value is -2.96. The van der Waals surface area contributed by atoms with Crippen LogP contribution in [-0.2, 0) is 0 Å². The third-order valence-electron chi connectivity index (χ3n) is 3.32. The van der Waals surface area contributed by atoms with Crippen molar-refractivity contribution in [3.8, 4) is 0 Å². The molecule has 130 valence electrons. The largest absolute Gasteiger partial charge is 0.321 e. The third-order valence-corrected chi connectivity index (χ3v) is 3.83. The molecule has 2 amide bonds. The second-order valence-electron chi connectivity index (χ2n) is 5.17. The average Bonchev–Trinajstić information content (AvgIpc) is 2.64. The molecule has 0 aliphatic heterocycles. The first-order chi connectivity index (χ1) is 12.5. The normalized spacial score (nSPS) is 10.2. The van der Waals surface area contributed by atoms with Gasteiger partial charge >= 0.3 is 0 Å². The molecule has 0 aliphatic carbocycles. The van der Waals surface area contributed by atoms with Gasteiger partial charge in [0.2, 0.25) is 0 Å². The van der Waals surface area contributed by atoms with Gasteiger partial charge in [0.1, 0.15) is 16.7 Å². The molecule has 26 heavy (non-hydrogen) atoms. The van der Waals surface area contributed by atoms with Crippen molar-refractivity contribution >= 4 is 46.5 Å². The minimum Gasteiger partial charge on any atom is -0.321 e. The number of carbonyl (C=O) groups excluding carboxylic acids is 2. The number of carbonyl (C=O) groups is 2. The van der Waals surface area contributed by atoms with E-state index in [0.29, 0.717) is 17.1 Å². The lowest BCUT2D eigenvalue weighted by Crippen LogP contribution is -2.16. The van der Waals surface area contributed by atoms with E-state index in [4.69, 9.17) is 23.2 Å². The Morgan fingerprint density at radius 1 is 0.885 bits per heavy atom. The molecule has 0 atom stereocenters. The van der Waals surface area contributed by atoms with Gasteiger partial charge in [0.05, 0.1) is 5.02 Å². The molecule has 0 saturated carbocycles. The standard InChI is InChI=1S/C18H12Cl2N4O2/c19-13-7-8-14(20)23-16(13)18(26)22-12-5-3-4-11(10-12)17(25)24-15-6-1-2-9-21-15/h1-10H,(H,22,26)(H,21,24,25). The number of benzene rings is 1. The van der Waals surface area contributed by atoms with E-state index < -0.39 is 5.91 Å². The van der Waals surface area contributed by atoms with Crippen molar-refractivity contribution in [2.24, 2.45) is 0 Å². The smallest absolute Gasteiger partial charge is 0.275 e. The Balaban J connectivity index is 1.76. The quantitative estimate of drug-likeness (QED) is 0.655. The van der Waals surface area contributed by atoms with Gasteiger partial charge in [-0.15, -0.1) is 0 Å². The van der Waals surface area contributed by atoms with Crippen LogP contribution in [0.3, 0.4) is 0 Å². The maximum atomic E-state index is 12.3. The highest BCUT2D eigenvalue weighted by atomic mass is 35.5. The molecule has 0 spiro atoms. The summed E-state index contributed by atoms with van der Waals surface area (Å²) in [6.07, 6.45) is 1.58. The number of nitrogens with zero attached hydrogens (tertiary/aromatic N) is 2. The number of nitrogens with one attached hydrogen (secondary N) is 2. The summed E-state index contributed by atoms with van der Waals surface area (Å²) >= 11 is 11.8. The van der Waals surface area contributed by atoms with E-state index in [1.807, 2.05) is 0 Å². The lowest BCUT2D eigenvalue weighted by atomic mass is 10.2. The predicted octanol–water partition coefficient (Wildman–Crippen LogP) is 4.29. The maximum Gasteiger partial charge on any atom is 0.275 e. The zero-order chi connectivity index (χ0) is 18.5. The maximum absolute atomic E-state index is 12.3. The molecule has 2 N–H and O–H groups in total. The zero-order valence-corrected chi connectivity index (χ0v) is 14.8. The van der Waals surface area contributed by atoms with E-state index in [1.165, 1.54) is 18.2 Å². The summed E-state index contributed by atoms with van der Waals surface area (Å²) in [5.41, 5.74) is 0.780. The van der Waals surface area contributed by atoms with Gasteiger partial charge in [0, 0.05) is 17.4 Å².